The number of rotatable bonds is 4. The molecule has 0 bridgehead atoms. The van der Waals surface area contributed by atoms with Crippen LogP contribution in [0.3, 0.4) is 0 Å². The summed E-state index contributed by atoms with van der Waals surface area (Å²) >= 11 is 5.91. The second-order valence-electron chi connectivity index (χ2n) is 5.88. The first kappa shape index (κ1) is 18.6. The minimum absolute atomic E-state index is 0.0344. The first-order valence-electron chi connectivity index (χ1n) is 8.23. The number of nitrogens with one attached hydrogen (secondary N) is 2. The number of carbonyl (C=O) groups excluding carboxylic acids is 2. The summed E-state index contributed by atoms with van der Waals surface area (Å²) in [7, 11) is 1.56. The van der Waals surface area contributed by atoms with Crippen molar-refractivity contribution in [3.05, 3.63) is 70.3 Å². The molecule has 2 N–H and O–H groups in total. The van der Waals surface area contributed by atoms with Gasteiger partial charge in [0, 0.05) is 23.3 Å². The Morgan fingerprint density at radius 1 is 1.04 bits per heavy atom. The number of anilines is 1. The first-order valence-corrected chi connectivity index (χ1v) is 8.61. The van der Waals surface area contributed by atoms with E-state index in [1.807, 2.05) is 0 Å². The summed E-state index contributed by atoms with van der Waals surface area (Å²) < 4.78 is 1.57. The van der Waals surface area contributed by atoms with Crippen molar-refractivity contribution >= 4 is 29.1 Å². The van der Waals surface area contributed by atoms with Crippen LogP contribution in [-0.2, 0) is 0 Å². The zero-order valence-corrected chi connectivity index (χ0v) is 15.8. The van der Waals surface area contributed by atoms with E-state index in [0.717, 1.165) is 5.69 Å². The molecule has 1 aromatic heterocycles. The van der Waals surface area contributed by atoms with Crippen LogP contribution < -0.4 is 10.6 Å². The predicted octanol–water partition coefficient (Wildman–Crippen LogP) is 3.15. The normalized spacial score (nSPS) is 10.5. The number of halogens is 1. The van der Waals surface area contributed by atoms with Gasteiger partial charge in [-0.15, -0.1) is 5.10 Å². The van der Waals surface area contributed by atoms with Crippen LogP contribution in [0.25, 0.3) is 5.69 Å². The van der Waals surface area contributed by atoms with E-state index in [2.05, 4.69) is 20.7 Å². The van der Waals surface area contributed by atoms with Gasteiger partial charge in [-0.2, -0.15) is 0 Å². The fourth-order valence-corrected chi connectivity index (χ4v) is 2.77. The summed E-state index contributed by atoms with van der Waals surface area (Å²) in [6.07, 6.45) is 0. The van der Waals surface area contributed by atoms with Crippen LogP contribution in [0.1, 0.15) is 32.4 Å². The Labute approximate surface area is 161 Å². The van der Waals surface area contributed by atoms with Gasteiger partial charge in [-0.05, 0) is 55.8 Å². The lowest BCUT2D eigenvalue weighted by atomic mass is 10.1. The monoisotopic (exact) mass is 383 g/mol. The van der Waals surface area contributed by atoms with Crippen molar-refractivity contribution in [2.24, 2.45) is 0 Å². The standard InChI is InChI=1S/C19H18ClN5O2/c1-11-15(18(26)21-3)5-4-6-16(11)23-19(27)17-22-12(2)25(24-17)14-9-7-13(20)8-10-14/h4-10H,1-3H3,(H,21,26)(H,23,27). The molecule has 0 saturated heterocycles. The van der Waals surface area contributed by atoms with Crippen molar-refractivity contribution in [2.45, 2.75) is 13.8 Å². The molecule has 2 aromatic carbocycles. The second-order valence-corrected chi connectivity index (χ2v) is 6.32. The van der Waals surface area contributed by atoms with E-state index in [-0.39, 0.29) is 11.7 Å². The Balaban J connectivity index is 1.87. The Kier molecular flexibility index (Phi) is 5.23. The van der Waals surface area contributed by atoms with Gasteiger partial charge in [0.15, 0.2) is 0 Å². The minimum atomic E-state index is -0.456. The van der Waals surface area contributed by atoms with Crippen LogP contribution >= 0.6 is 11.6 Å². The number of aryl methyl sites for hydroxylation is 1. The van der Waals surface area contributed by atoms with Gasteiger partial charge in [0.05, 0.1) is 5.69 Å². The molecule has 8 heteroatoms. The number of nitrogens with zero attached hydrogens (tertiary/aromatic N) is 3. The van der Waals surface area contributed by atoms with Crippen LogP contribution in [0, 0.1) is 13.8 Å². The number of hydrogen-bond acceptors (Lipinski definition) is 4. The summed E-state index contributed by atoms with van der Waals surface area (Å²) in [6.45, 7) is 3.53. The molecule has 0 aliphatic rings. The van der Waals surface area contributed by atoms with E-state index in [9.17, 15) is 9.59 Å². The highest BCUT2D eigenvalue weighted by atomic mass is 35.5. The summed E-state index contributed by atoms with van der Waals surface area (Å²) in [4.78, 5) is 28.7. The van der Waals surface area contributed by atoms with Gasteiger partial charge in [0.1, 0.15) is 5.82 Å². The molecule has 138 valence electrons. The Morgan fingerprint density at radius 2 is 1.74 bits per heavy atom. The molecule has 3 aromatic rings. The topological polar surface area (TPSA) is 88.9 Å². The summed E-state index contributed by atoms with van der Waals surface area (Å²) in [5.74, 6) is -0.0712. The Bertz CT molecular complexity index is 1010. The second kappa shape index (κ2) is 7.59. The highest BCUT2D eigenvalue weighted by Crippen LogP contribution is 2.20. The van der Waals surface area contributed by atoms with Crippen LogP contribution in [0.4, 0.5) is 5.69 Å². The van der Waals surface area contributed by atoms with E-state index in [4.69, 9.17) is 11.6 Å². The quantitative estimate of drug-likeness (QED) is 0.724. The lowest BCUT2D eigenvalue weighted by Gasteiger charge is -2.10. The van der Waals surface area contributed by atoms with Crippen LogP contribution in [0.5, 0.6) is 0 Å². The lowest BCUT2D eigenvalue weighted by Crippen LogP contribution is -2.20. The van der Waals surface area contributed by atoms with E-state index in [1.54, 1.807) is 68.0 Å². The molecule has 0 saturated carbocycles. The van der Waals surface area contributed by atoms with Crippen molar-refractivity contribution < 1.29 is 9.59 Å². The fraction of sp³-hybridized carbons (Fsp3) is 0.158. The number of aromatic nitrogens is 3. The smallest absolute Gasteiger partial charge is 0.295 e. The van der Waals surface area contributed by atoms with E-state index >= 15 is 0 Å². The fourth-order valence-electron chi connectivity index (χ4n) is 2.64. The maximum absolute atomic E-state index is 12.6. The molecule has 3 rings (SSSR count). The maximum atomic E-state index is 12.6. The van der Waals surface area contributed by atoms with Crippen LogP contribution in [0.2, 0.25) is 5.02 Å². The van der Waals surface area contributed by atoms with Crippen molar-refractivity contribution in [3.8, 4) is 5.69 Å². The molecule has 0 aliphatic heterocycles. The first-order chi connectivity index (χ1) is 12.9. The zero-order chi connectivity index (χ0) is 19.6. The predicted molar refractivity (Wildman–Crippen MR) is 104 cm³/mol. The third-order valence-corrected chi connectivity index (χ3v) is 4.35. The zero-order valence-electron chi connectivity index (χ0n) is 15.1. The largest absolute Gasteiger partial charge is 0.355 e. The molecular weight excluding hydrogens is 366 g/mol. The van der Waals surface area contributed by atoms with E-state index < -0.39 is 5.91 Å². The van der Waals surface area contributed by atoms with E-state index in [0.29, 0.717) is 27.7 Å². The van der Waals surface area contributed by atoms with Crippen molar-refractivity contribution in [2.75, 3.05) is 12.4 Å². The highest BCUT2D eigenvalue weighted by molar-refractivity contribution is 6.30. The average Bonchev–Trinajstić information content (AvgIpc) is 3.05. The number of hydrogen-bond donors (Lipinski definition) is 2. The number of amides is 2. The summed E-state index contributed by atoms with van der Waals surface area (Å²) in [6, 6.07) is 12.2. The Morgan fingerprint density at radius 3 is 2.41 bits per heavy atom. The van der Waals surface area contributed by atoms with Crippen LogP contribution in [0.15, 0.2) is 42.5 Å². The van der Waals surface area contributed by atoms with Crippen molar-refractivity contribution in [1.29, 1.82) is 0 Å². The molecule has 1 heterocycles. The Hall–Kier alpha value is -3.19. The average molecular weight is 384 g/mol. The molecule has 7 nitrogen and oxygen atoms in total. The molecule has 27 heavy (non-hydrogen) atoms. The van der Waals surface area contributed by atoms with Gasteiger partial charge in [-0.3, -0.25) is 9.59 Å². The van der Waals surface area contributed by atoms with Gasteiger partial charge < -0.3 is 10.6 Å². The molecule has 0 unspecified atom stereocenters. The van der Waals surface area contributed by atoms with Crippen LogP contribution in [-0.4, -0.2) is 33.6 Å². The molecule has 2 amide bonds. The minimum Gasteiger partial charge on any atom is -0.355 e. The van der Waals surface area contributed by atoms with Gasteiger partial charge in [-0.1, -0.05) is 17.7 Å². The molecule has 0 spiro atoms. The van der Waals surface area contributed by atoms with Gasteiger partial charge in [-0.25, -0.2) is 9.67 Å². The number of carbonyl (C=O) groups is 2. The molecule has 0 radical (unpaired) electrons. The molecular formula is C19H18ClN5O2. The lowest BCUT2D eigenvalue weighted by molar-refractivity contribution is 0.0960. The van der Waals surface area contributed by atoms with Gasteiger partial charge in [0.2, 0.25) is 5.82 Å². The van der Waals surface area contributed by atoms with E-state index in [1.165, 1.54) is 0 Å². The third kappa shape index (κ3) is 3.83. The summed E-state index contributed by atoms with van der Waals surface area (Å²) in [5.41, 5.74) is 2.44. The SMILES string of the molecule is CNC(=O)c1cccc(NC(=O)c2nc(C)n(-c3ccc(Cl)cc3)n2)c1C. The van der Waals surface area contributed by atoms with Gasteiger partial charge in [0.25, 0.3) is 11.8 Å². The molecule has 0 atom stereocenters. The molecule has 0 aliphatic carbocycles. The van der Waals surface area contributed by atoms with Crippen molar-refractivity contribution in [3.63, 3.8) is 0 Å². The highest BCUT2D eigenvalue weighted by Gasteiger charge is 2.18. The summed E-state index contributed by atoms with van der Waals surface area (Å²) in [5, 5.41) is 10.2. The van der Waals surface area contributed by atoms with Gasteiger partial charge >= 0.3 is 0 Å². The maximum Gasteiger partial charge on any atom is 0.295 e. The number of benzene rings is 2. The van der Waals surface area contributed by atoms with Crippen molar-refractivity contribution in [1.82, 2.24) is 20.1 Å². The molecule has 0 fully saturated rings. The third-order valence-electron chi connectivity index (χ3n) is 4.10.